The van der Waals surface area contributed by atoms with Crippen molar-refractivity contribution in [3.8, 4) is 0 Å². The molecule has 0 spiro atoms. The highest BCUT2D eigenvalue weighted by atomic mass is 16.4. The molecular formula is C8H14N4O4. The minimum absolute atomic E-state index is 0.185. The summed E-state index contributed by atoms with van der Waals surface area (Å²) in [5.74, 6) is -1.03. The smallest absolute Gasteiger partial charge is 0.329 e. The predicted molar refractivity (Wildman–Crippen MR) is 53.7 cm³/mol. The molecule has 0 aromatic heterocycles. The second-order valence-corrected chi connectivity index (χ2v) is 3.56. The van der Waals surface area contributed by atoms with Gasteiger partial charge < -0.3 is 26.8 Å². The number of carbonyl (C=O) groups is 3. The van der Waals surface area contributed by atoms with Gasteiger partial charge in [-0.3, -0.25) is 0 Å². The van der Waals surface area contributed by atoms with Crippen molar-refractivity contribution in [3.05, 3.63) is 0 Å². The standard InChI is InChI=1S/C8H14N4O4/c9-6(15)10-3-4-11-7(16)12-8(1-2-8)5(13)14/h1-4H2,(H,13,14)(H3,9,10,15)(H2,11,12,16). The number of carbonyl (C=O) groups excluding carboxylic acids is 2. The van der Waals surface area contributed by atoms with Gasteiger partial charge in [-0.25, -0.2) is 14.4 Å². The van der Waals surface area contributed by atoms with Gasteiger partial charge in [0, 0.05) is 13.1 Å². The average molecular weight is 230 g/mol. The first-order chi connectivity index (χ1) is 7.46. The molecule has 1 rings (SSSR count). The Morgan fingerprint density at radius 3 is 2.19 bits per heavy atom. The van der Waals surface area contributed by atoms with E-state index in [1.165, 1.54) is 0 Å². The molecule has 0 heterocycles. The third-order valence-electron chi connectivity index (χ3n) is 2.22. The lowest BCUT2D eigenvalue weighted by Crippen LogP contribution is -2.49. The first kappa shape index (κ1) is 12.1. The molecule has 0 aliphatic heterocycles. The fourth-order valence-corrected chi connectivity index (χ4v) is 1.14. The molecule has 0 atom stereocenters. The number of primary amides is 1. The summed E-state index contributed by atoms with van der Waals surface area (Å²) < 4.78 is 0. The van der Waals surface area contributed by atoms with E-state index >= 15 is 0 Å². The highest BCUT2D eigenvalue weighted by Gasteiger charge is 2.51. The molecule has 0 unspecified atom stereocenters. The fourth-order valence-electron chi connectivity index (χ4n) is 1.14. The van der Waals surface area contributed by atoms with E-state index in [1.807, 2.05) is 0 Å². The quantitative estimate of drug-likeness (QED) is 0.370. The van der Waals surface area contributed by atoms with Gasteiger partial charge in [-0.15, -0.1) is 0 Å². The third kappa shape index (κ3) is 3.30. The largest absolute Gasteiger partial charge is 0.480 e. The molecule has 8 heteroatoms. The number of carboxylic acid groups (broad SMARTS) is 1. The summed E-state index contributed by atoms with van der Waals surface area (Å²) in [7, 11) is 0. The maximum atomic E-state index is 11.2. The van der Waals surface area contributed by atoms with Crippen LogP contribution < -0.4 is 21.7 Å². The molecule has 8 nitrogen and oxygen atoms in total. The Bertz CT molecular complexity index is 313. The number of urea groups is 2. The summed E-state index contributed by atoms with van der Waals surface area (Å²) in [6, 6.07) is -1.24. The summed E-state index contributed by atoms with van der Waals surface area (Å²) >= 11 is 0. The van der Waals surface area contributed by atoms with Crippen molar-refractivity contribution in [2.24, 2.45) is 5.73 Å². The molecule has 90 valence electrons. The van der Waals surface area contributed by atoms with Crippen LogP contribution in [0.5, 0.6) is 0 Å². The van der Waals surface area contributed by atoms with Crippen LogP contribution in [0, 0.1) is 0 Å². The lowest BCUT2D eigenvalue weighted by atomic mass is 10.3. The summed E-state index contributed by atoms with van der Waals surface area (Å²) in [4.78, 5) is 32.2. The zero-order valence-electron chi connectivity index (χ0n) is 8.58. The summed E-state index contributed by atoms with van der Waals surface area (Å²) in [6.07, 6.45) is 0.880. The zero-order valence-corrected chi connectivity index (χ0v) is 8.58. The predicted octanol–water partition coefficient (Wildman–Crippen LogP) is -1.43. The Labute approximate surface area is 91.6 Å². The molecular weight excluding hydrogens is 216 g/mol. The molecule has 0 radical (unpaired) electrons. The average Bonchev–Trinajstić information content (AvgIpc) is 2.93. The van der Waals surface area contributed by atoms with Crippen molar-refractivity contribution in [2.45, 2.75) is 18.4 Å². The van der Waals surface area contributed by atoms with Gasteiger partial charge >= 0.3 is 18.0 Å². The summed E-state index contributed by atoms with van der Waals surface area (Å²) in [5, 5.41) is 15.8. The molecule has 0 aromatic rings. The van der Waals surface area contributed by atoms with Gasteiger partial charge in [-0.1, -0.05) is 0 Å². The molecule has 1 fully saturated rings. The van der Waals surface area contributed by atoms with Crippen LogP contribution in [-0.4, -0.2) is 41.8 Å². The second kappa shape index (κ2) is 4.69. The first-order valence-corrected chi connectivity index (χ1v) is 4.79. The van der Waals surface area contributed by atoms with Gasteiger partial charge in [-0.05, 0) is 12.8 Å². The molecule has 0 bridgehead atoms. The number of amides is 4. The maximum absolute atomic E-state index is 11.2. The highest BCUT2D eigenvalue weighted by Crippen LogP contribution is 2.35. The number of nitrogens with one attached hydrogen (secondary N) is 3. The van der Waals surface area contributed by atoms with Crippen LogP contribution in [0.15, 0.2) is 0 Å². The number of hydrogen-bond donors (Lipinski definition) is 5. The van der Waals surface area contributed by atoms with Gasteiger partial charge in [0.05, 0.1) is 0 Å². The zero-order chi connectivity index (χ0) is 12.2. The van der Waals surface area contributed by atoms with Crippen LogP contribution in [0.1, 0.15) is 12.8 Å². The van der Waals surface area contributed by atoms with Gasteiger partial charge in [0.2, 0.25) is 0 Å². The molecule has 1 aliphatic carbocycles. The van der Waals surface area contributed by atoms with Crippen molar-refractivity contribution in [1.29, 1.82) is 0 Å². The van der Waals surface area contributed by atoms with Gasteiger partial charge in [0.1, 0.15) is 5.54 Å². The van der Waals surface area contributed by atoms with Crippen LogP contribution in [-0.2, 0) is 4.79 Å². The molecule has 1 saturated carbocycles. The van der Waals surface area contributed by atoms with Crippen molar-refractivity contribution in [1.82, 2.24) is 16.0 Å². The van der Waals surface area contributed by atoms with E-state index < -0.39 is 23.6 Å². The number of nitrogens with two attached hydrogens (primary N) is 1. The van der Waals surface area contributed by atoms with Crippen molar-refractivity contribution in [3.63, 3.8) is 0 Å². The lowest BCUT2D eigenvalue weighted by molar-refractivity contribution is -0.140. The number of hydrogen-bond acceptors (Lipinski definition) is 3. The van der Waals surface area contributed by atoms with Gasteiger partial charge in [0.15, 0.2) is 0 Å². The van der Waals surface area contributed by atoms with E-state index in [1.54, 1.807) is 0 Å². The van der Waals surface area contributed by atoms with Crippen LogP contribution in [0.4, 0.5) is 9.59 Å². The van der Waals surface area contributed by atoms with Gasteiger partial charge in [-0.2, -0.15) is 0 Å². The minimum atomic E-state index is -1.10. The van der Waals surface area contributed by atoms with E-state index in [2.05, 4.69) is 16.0 Å². The molecule has 4 amide bonds. The monoisotopic (exact) mass is 230 g/mol. The summed E-state index contributed by atoms with van der Waals surface area (Å²) in [6.45, 7) is 0.382. The molecule has 16 heavy (non-hydrogen) atoms. The van der Waals surface area contributed by atoms with Crippen LogP contribution in [0.2, 0.25) is 0 Å². The van der Waals surface area contributed by atoms with E-state index in [4.69, 9.17) is 10.8 Å². The second-order valence-electron chi connectivity index (χ2n) is 3.56. The minimum Gasteiger partial charge on any atom is -0.480 e. The van der Waals surface area contributed by atoms with Crippen molar-refractivity contribution < 1.29 is 19.5 Å². The van der Waals surface area contributed by atoms with Crippen molar-refractivity contribution in [2.75, 3.05) is 13.1 Å². The number of carboxylic acids is 1. The van der Waals surface area contributed by atoms with E-state index in [-0.39, 0.29) is 13.1 Å². The van der Waals surface area contributed by atoms with Crippen molar-refractivity contribution >= 4 is 18.0 Å². The number of rotatable bonds is 5. The Hall–Kier alpha value is -1.99. The first-order valence-electron chi connectivity index (χ1n) is 4.79. The third-order valence-corrected chi connectivity index (χ3v) is 2.22. The van der Waals surface area contributed by atoms with Crippen LogP contribution >= 0.6 is 0 Å². The highest BCUT2D eigenvalue weighted by molar-refractivity contribution is 5.88. The summed E-state index contributed by atoms with van der Waals surface area (Å²) in [5.41, 5.74) is 3.71. The number of aliphatic carboxylic acids is 1. The van der Waals surface area contributed by atoms with E-state index in [0.717, 1.165) is 0 Å². The Morgan fingerprint density at radius 2 is 1.75 bits per heavy atom. The van der Waals surface area contributed by atoms with Crippen LogP contribution in [0.3, 0.4) is 0 Å². The van der Waals surface area contributed by atoms with E-state index in [9.17, 15) is 14.4 Å². The van der Waals surface area contributed by atoms with E-state index in [0.29, 0.717) is 12.8 Å². The molecule has 6 N–H and O–H groups in total. The Balaban J connectivity index is 2.17. The Morgan fingerprint density at radius 1 is 1.19 bits per heavy atom. The SMILES string of the molecule is NC(=O)NCCNC(=O)NC1(C(=O)O)CC1. The lowest BCUT2D eigenvalue weighted by Gasteiger charge is -2.13. The molecule has 0 saturated heterocycles. The topological polar surface area (TPSA) is 134 Å². The normalized spacial score (nSPS) is 16.0. The molecule has 1 aliphatic rings. The van der Waals surface area contributed by atoms with Gasteiger partial charge in [0.25, 0.3) is 0 Å². The molecule has 0 aromatic carbocycles. The van der Waals surface area contributed by atoms with Crippen LogP contribution in [0.25, 0.3) is 0 Å². The Kier molecular flexibility index (Phi) is 3.54. The maximum Gasteiger partial charge on any atom is 0.329 e. The fraction of sp³-hybridized carbons (Fsp3) is 0.625.